The maximum atomic E-state index is 12.4. The summed E-state index contributed by atoms with van der Waals surface area (Å²) in [4.78, 5) is 24.4. The predicted molar refractivity (Wildman–Crippen MR) is 255 cm³/mol. The number of carbonyl (C=O) groups is 2. The summed E-state index contributed by atoms with van der Waals surface area (Å²) in [6, 6.07) is -0.552. The van der Waals surface area contributed by atoms with E-state index in [0.717, 1.165) is 96.3 Å². The topological polar surface area (TPSA) is 95.9 Å². The van der Waals surface area contributed by atoms with Crippen molar-refractivity contribution in [3.63, 3.8) is 0 Å². The molecule has 0 fully saturated rings. The third-order valence-corrected chi connectivity index (χ3v) is 11.4. The minimum atomic E-state index is -0.673. The van der Waals surface area contributed by atoms with Crippen LogP contribution in [-0.4, -0.2) is 47.4 Å². The molecule has 2 atom stereocenters. The number of nitrogens with one attached hydrogen (secondary N) is 1. The monoisotopic (exact) mass is 828 g/mol. The summed E-state index contributed by atoms with van der Waals surface area (Å²) >= 11 is 0. The maximum absolute atomic E-state index is 12.4. The fourth-order valence-corrected chi connectivity index (χ4v) is 7.40. The molecule has 0 aliphatic rings. The first kappa shape index (κ1) is 56.8. The average molecular weight is 828 g/mol. The van der Waals surface area contributed by atoms with Crippen LogP contribution in [0.25, 0.3) is 0 Å². The lowest BCUT2D eigenvalue weighted by Gasteiger charge is -2.22. The Morgan fingerprint density at radius 3 is 1.31 bits per heavy atom. The Bertz CT molecular complexity index is 1000. The van der Waals surface area contributed by atoms with Gasteiger partial charge >= 0.3 is 5.97 Å². The number of aliphatic hydroxyl groups is 2. The summed E-state index contributed by atoms with van der Waals surface area (Å²) in [5, 5.41) is 23.0. The first-order valence-corrected chi connectivity index (χ1v) is 25.4. The molecule has 0 aliphatic heterocycles. The molecule has 0 radical (unpaired) electrons. The van der Waals surface area contributed by atoms with E-state index in [0.29, 0.717) is 25.9 Å². The Labute approximate surface area is 366 Å². The predicted octanol–water partition coefficient (Wildman–Crippen LogP) is 15.1. The number of ether oxygens (including phenoxy) is 1. The van der Waals surface area contributed by atoms with Crippen molar-refractivity contribution in [2.45, 2.75) is 264 Å². The molecule has 0 heterocycles. The van der Waals surface area contributed by atoms with Crippen LogP contribution in [0.1, 0.15) is 251 Å². The van der Waals surface area contributed by atoms with Crippen molar-refractivity contribution < 1.29 is 24.5 Å². The Kier molecular flexibility index (Phi) is 46.7. The van der Waals surface area contributed by atoms with E-state index in [4.69, 9.17) is 4.74 Å². The van der Waals surface area contributed by atoms with Gasteiger partial charge in [-0.1, -0.05) is 191 Å². The number of aliphatic hydroxyl groups excluding tert-OH is 2. The van der Waals surface area contributed by atoms with Gasteiger partial charge in [-0.2, -0.15) is 0 Å². The van der Waals surface area contributed by atoms with Crippen LogP contribution in [0.15, 0.2) is 48.6 Å². The smallest absolute Gasteiger partial charge is 0.305 e. The highest BCUT2D eigenvalue weighted by Crippen LogP contribution is 2.15. The average Bonchev–Trinajstić information content (AvgIpc) is 3.24. The molecule has 2 unspecified atom stereocenters. The zero-order valence-electron chi connectivity index (χ0n) is 39.0. The molecule has 0 rings (SSSR count). The fraction of sp³-hybridized carbons (Fsp3) is 0.811. The third-order valence-electron chi connectivity index (χ3n) is 11.4. The van der Waals surface area contributed by atoms with Gasteiger partial charge in [0.25, 0.3) is 0 Å². The second kappa shape index (κ2) is 48.5. The molecule has 0 bridgehead atoms. The number of carbonyl (C=O) groups excluding carboxylic acids is 2. The van der Waals surface area contributed by atoms with Crippen LogP contribution in [0.5, 0.6) is 0 Å². The standard InChI is InChI=1S/C53H97NO5/c1-3-5-7-9-11-13-14-15-16-21-24-27-31-35-39-43-47-53(58)59-48-44-40-36-32-28-25-22-19-17-18-20-23-26-30-34-38-42-46-52(57)54-50(49-55)51(56)45-41-37-33-29-12-10-8-6-4-2/h13-14,16-17,19,21,25,28,50-51,55-56H,3-12,15,18,20,22-24,26-27,29-49H2,1-2H3,(H,54,57)/b14-13-,19-17-,21-16-,28-25-. The fourth-order valence-electron chi connectivity index (χ4n) is 7.40. The molecule has 344 valence electrons. The molecule has 0 aromatic heterocycles. The molecule has 0 aliphatic carbocycles. The van der Waals surface area contributed by atoms with Crippen molar-refractivity contribution in [3.8, 4) is 0 Å². The summed E-state index contributed by atoms with van der Waals surface area (Å²) in [6.07, 6.45) is 59.4. The van der Waals surface area contributed by atoms with Crippen molar-refractivity contribution in [2.75, 3.05) is 13.2 Å². The van der Waals surface area contributed by atoms with Crippen molar-refractivity contribution in [1.29, 1.82) is 0 Å². The quantitative estimate of drug-likeness (QED) is 0.0323. The molecule has 0 spiro atoms. The lowest BCUT2D eigenvalue weighted by molar-refractivity contribution is -0.143. The highest BCUT2D eigenvalue weighted by molar-refractivity contribution is 5.76. The van der Waals surface area contributed by atoms with E-state index in [2.05, 4.69) is 67.8 Å². The van der Waals surface area contributed by atoms with E-state index in [9.17, 15) is 19.8 Å². The largest absolute Gasteiger partial charge is 0.466 e. The van der Waals surface area contributed by atoms with Gasteiger partial charge in [0.05, 0.1) is 25.4 Å². The van der Waals surface area contributed by atoms with Gasteiger partial charge in [-0.15, -0.1) is 0 Å². The van der Waals surface area contributed by atoms with Crippen molar-refractivity contribution in [3.05, 3.63) is 48.6 Å². The van der Waals surface area contributed by atoms with Crippen LogP contribution in [-0.2, 0) is 14.3 Å². The first-order chi connectivity index (χ1) is 29.0. The van der Waals surface area contributed by atoms with Gasteiger partial charge in [-0.25, -0.2) is 0 Å². The van der Waals surface area contributed by atoms with Crippen LogP contribution in [0, 0.1) is 0 Å². The molecule has 0 aromatic carbocycles. The number of allylic oxidation sites excluding steroid dienone is 8. The van der Waals surface area contributed by atoms with Gasteiger partial charge < -0.3 is 20.3 Å². The number of unbranched alkanes of at least 4 members (excludes halogenated alkanes) is 27. The Balaban J connectivity index is 3.50. The second-order valence-electron chi connectivity index (χ2n) is 17.1. The summed E-state index contributed by atoms with van der Waals surface area (Å²) in [5.74, 6) is -0.0858. The zero-order chi connectivity index (χ0) is 43.0. The molecule has 59 heavy (non-hydrogen) atoms. The summed E-state index contributed by atoms with van der Waals surface area (Å²) in [6.45, 7) is 4.85. The SMILES string of the molecule is CCCCCC/C=C\C/C=C\CCCCCCCC(=O)OCCCCC/C=C\C/C=C\CCCCCCCCCC(=O)NC(CO)C(O)CCCCCCCCCCC. The number of hydrogen-bond donors (Lipinski definition) is 3. The van der Waals surface area contributed by atoms with E-state index in [1.165, 1.54) is 122 Å². The highest BCUT2D eigenvalue weighted by atomic mass is 16.5. The summed E-state index contributed by atoms with van der Waals surface area (Å²) < 4.78 is 5.44. The lowest BCUT2D eigenvalue weighted by Crippen LogP contribution is -2.45. The van der Waals surface area contributed by atoms with Crippen LogP contribution < -0.4 is 5.32 Å². The normalized spacial score (nSPS) is 13.1. The number of hydrogen-bond acceptors (Lipinski definition) is 5. The van der Waals surface area contributed by atoms with Gasteiger partial charge in [-0.3, -0.25) is 9.59 Å². The van der Waals surface area contributed by atoms with Crippen LogP contribution >= 0.6 is 0 Å². The molecule has 0 saturated heterocycles. The van der Waals surface area contributed by atoms with Gasteiger partial charge in [-0.05, 0) is 96.3 Å². The van der Waals surface area contributed by atoms with E-state index >= 15 is 0 Å². The van der Waals surface area contributed by atoms with E-state index in [1.54, 1.807) is 0 Å². The highest BCUT2D eigenvalue weighted by Gasteiger charge is 2.20. The molecule has 6 nitrogen and oxygen atoms in total. The summed E-state index contributed by atoms with van der Waals surface area (Å²) in [5.41, 5.74) is 0. The van der Waals surface area contributed by atoms with Gasteiger partial charge in [0.15, 0.2) is 0 Å². The lowest BCUT2D eigenvalue weighted by atomic mass is 10.0. The summed E-state index contributed by atoms with van der Waals surface area (Å²) in [7, 11) is 0. The number of amides is 1. The van der Waals surface area contributed by atoms with Crippen molar-refractivity contribution in [1.82, 2.24) is 5.32 Å². The molecule has 1 amide bonds. The number of rotatable bonds is 46. The van der Waals surface area contributed by atoms with Crippen LogP contribution in [0.4, 0.5) is 0 Å². The minimum absolute atomic E-state index is 0.0301. The van der Waals surface area contributed by atoms with Crippen LogP contribution in [0.3, 0.4) is 0 Å². The maximum Gasteiger partial charge on any atom is 0.305 e. The Morgan fingerprint density at radius 1 is 0.475 bits per heavy atom. The Hall–Kier alpha value is -2.18. The van der Waals surface area contributed by atoms with Gasteiger partial charge in [0.2, 0.25) is 5.91 Å². The van der Waals surface area contributed by atoms with E-state index < -0.39 is 12.1 Å². The minimum Gasteiger partial charge on any atom is -0.466 e. The van der Waals surface area contributed by atoms with Gasteiger partial charge in [0, 0.05) is 12.8 Å². The molecule has 6 heteroatoms. The first-order valence-electron chi connectivity index (χ1n) is 25.4. The molecule has 3 N–H and O–H groups in total. The van der Waals surface area contributed by atoms with Crippen LogP contribution in [0.2, 0.25) is 0 Å². The van der Waals surface area contributed by atoms with Gasteiger partial charge in [0.1, 0.15) is 0 Å². The second-order valence-corrected chi connectivity index (χ2v) is 17.1. The molecule has 0 aromatic rings. The zero-order valence-corrected chi connectivity index (χ0v) is 39.0. The molecular formula is C53H97NO5. The van der Waals surface area contributed by atoms with Crippen molar-refractivity contribution >= 4 is 11.9 Å². The molecule has 0 saturated carbocycles. The van der Waals surface area contributed by atoms with E-state index in [-0.39, 0.29) is 18.5 Å². The molecular weight excluding hydrogens is 731 g/mol. The van der Waals surface area contributed by atoms with Crippen molar-refractivity contribution in [2.24, 2.45) is 0 Å². The van der Waals surface area contributed by atoms with E-state index in [1.807, 2.05) is 0 Å². The number of esters is 1. The Morgan fingerprint density at radius 2 is 0.847 bits per heavy atom. The third kappa shape index (κ3) is 45.2.